The van der Waals surface area contributed by atoms with Crippen LogP contribution < -0.4 is 9.47 Å². The van der Waals surface area contributed by atoms with Crippen molar-refractivity contribution in [1.29, 1.82) is 0 Å². The molecule has 4 aromatic rings. The Morgan fingerprint density at radius 3 is 2.48 bits per heavy atom. The quantitative estimate of drug-likeness (QED) is 0.451. The molecule has 0 radical (unpaired) electrons. The molecule has 8 nitrogen and oxygen atoms in total. The number of alkyl halides is 3. The summed E-state index contributed by atoms with van der Waals surface area (Å²) in [6.45, 7) is 2.27. The number of hydrogen-bond acceptors (Lipinski definition) is 7. The van der Waals surface area contributed by atoms with Crippen molar-refractivity contribution in [2.75, 3.05) is 7.11 Å². The van der Waals surface area contributed by atoms with Crippen LogP contribution in [0.25, 0.3) is 23.1 Å². The third-order valence-corrected chi connectivity index (χ3v) is 4.29. The highest BCUT2D eigenvalue weighted by Gasteiger charge is 2.31. The van der Waals surface area contributed by atoms with Crippen molar-refractivity contribution in [1.82, 2.24) is 24.9 Å². The summed E-state index contributed by atoms with van der Waals surface area (Å²) in [5, 5.41) is 8.27. The molecule has 11 heteroatoms. The predicted octanol–water partition coefficient (Wildman–Crippen LogP) is 4.26. The van der Waals surface area contributed by atoms with Gasteiger partial charge in [0.25, 0.3) is 5.89 Å². The van der Waals surface area contributed by atoms with Crippen LogP contribution in [0.3, 0.4) is 0 Å². The van der Waals surface area contributed by atoms with Crippen LogP contribution in [0.4, 0.5) is 13.2 Å². The summed E-state index contributed by atoms with van der Waals surface area (Å²) >= 11 is 0. The van der Waals surface area contributed by atoms with E-state index < -0.39 is 6.36 Å². The molecule has 0 unspecified atom stereocenters. The molecule has 0 aliphatic rings. The molecule has 0 bridgehead atoms. The lowest BCUT2D eigenvalue weighted by atomic mass is 10.2. The van der Waals surface area contributed by atoms with Crippen molar-refractivity contribution in [3.8, 4) is 34.6 Å². The van der Waals surface area contributed by atoms with Gasteiger partial charge in [-0.05, 0) is 48.9 Å². The molecule has 2 aromatic heterocycles. The van der Waals surface area contributed by atoms with Crippen LogP contribution in [0.5, 0.6) is 11.5 Å². The van der Waals surface area contributed by atoms with E-state index in [2.05, 4.69) is 25.0 Å². The van der Waals surface area contributed by atoms with Gasteiger partial charge in [0.05, 0.1) is 13.7 Å². The molecular formula is C20H16F3N5O3. The number of aromatic nitrogens is 5. The number of nitrogens with zero attached hydrogens (tertiary/aromatic N) is 5. The minimum absolute atomic E-state index is 0.0955. The van der Waals surface area contributed by atoms with Crippen molar-refractivity contribution in [2.24, 2.45) is 0 Å². The molecule has 160 valence electrons. The average molecular weight is 431 g/mol. The molecule has 31 heavy (non-hydrogen) atoms. The molecule has 0 aliphatic carbocycles. The summed E-state index contributed by atoms with van der Waals surface area (Å²) in [6, 6.07) is 12.7. The summed E-state index contributed by atoms with van der Waals surface area (Å²) in [7, 11) is 1.60. The Labute approximate surface area is 174 Å². The van der Waals surface area contributed by atoms with Crippen LogP contribution in [-0.2, 0) is 6.54 Å². The second-order valence-electron chi connectivity index (χ2n) is 6.49. The van der Waals surface area contributed by atoms with Crippen LogP contribution >= 0.6 is 0 Å². The van der Waals surface area contributed by atoms with Crippen LogP contribution in [0.2, 0.25) is 0 Å². The highest BCUT2D eigenvalue weighted by atomic mass is 19.4. The first kappa shape index (κ1) is 20.4. The molecule has 0 atom stereocenters. The molecule has 0 saturated carbocycles. The molecule has 0 aliphatic heterocycles. The van der Waals surface area contributed by atoms with Crippen LogP contribution in [0.15, 0.2) is 53.1 Å². The second kappa shape index (κ2) is 8.09. The van der Waals surface area contributed by atoms with Crippen molar-refractivity contribution in [3.63, 3.8) is 0 Å². The topological polar surface area (TPSA) is 88.1 Å². The van der Waals surface area contributed by atoms with Gasteiger partial charge in [-0.1, -0.05) is 17.3 Å². The summed E-state index contributed by atoms with van der Waals surface area (Å²) in [5.41, 5.74) is 1.43. The molecular weight excluding hydrogens is 415 g/mol. The van der Waals surface area contributed by atoms with Gasteiger partial charge in [0, 0.05) is 5.56 Å². The lowest BCUT2D eigenvalue weighted by molar-refractivity contribution is -0.274. The van der Waals surface area contributed by atoms with E-state index in [1.807, 2.05) is 24.3 Å². The fourth-order valence-electron chi connectivity index (χ4n) is 2.84. The summed E-state index contributed by atoms with van der Waals surface area (Å²) in [4.78, 5) is 8.61. The summed E-state index contributed by atoms with van der Waals surface area (Å²) < 4.78 is 52.9. The van der Waals surface area contributed by atoms with Crippen molar-refractivity contribution >= 4 is 0 Å². The minimum Gasteiger partial charge on any atom is -0.497 e. The number of halogens is 3. The number of aryl methyl sites for hydroxylation is 1. The van der Waals surface area contributed by atoms with E-state index in [9.17, 15) is 13.2 Å². The van der Waals surface area contributed by atoms with Crippen LogP contribution in [0.1, 0.15) is 11.4 Å². The Hall–Kier alpha value is -3.89. The first-order chi connectivity index (χ1) is 14.8. The number of rotatable bonds is 6. The zero-order chi connectivity index (χ0) is 22.0. The molecule has 2 aromatic carbocycles. The Kier molecular flexibility index (Phi) is 5.32. The monoisotopic (exact) mass is 431 g/mol. The Morgan fingerprint density at radius 1 is 1.00 bits per heavy atom. The lowest BCUT2D eigenvalue weighted by Gasteiger charge is -2.08. The average Bonchev–Trinajstić information content (AvgIpc) is 3.35. The zero-order valence-corrected chi connectivity index (χ0v) is 16.4. The maximum Gasteiger partial charge on any atom is 0.573 e. The zero-order valence-electron chi connectivity index (χ0n) is 16.4. The Morgan fingerprint density at radius 2 is 1.77 bits per heavy atom. The van der Waals surface area contributed by atoms with Gasteiger partial charge in [0.1, 0.15) is 17.3 Å². The maximum absolute atomic E-state index is 12.3. The van der Waals surface area contributed by atoms with E-state index in [0.29, 0.717) is 17.9 Å². The first-order valence-corrected chi connectivity index (χ1v) is 9.05. The molecule has 2 heterocycles. The molecule has 0 amide bonds. The van der Waals surface area contributed by atoms with Gasteiger partial charge < -0.3 is 14.0 Å². The number of methoxy groups -OCH3 is 1. The SMILES string of the molecule is COc1cccc(Cn2nc(-c3nc(-c4ccc(OC(F)(F)F)cc4)no3)nc2C)c1. The second-order valence-corrected chi connectivity index (χ2v) is 6.49. The standard InChI is InChI=1S/C20H16F3N5O3/c1-12-24-18(26-28(12)11-13-4-3-5-16(10-13)29-2)19-25-17(27-31-19)14-6-8-15(9-7-14)30-20(21,22)23/h3-10H,11H2,1-2H3. The van der Waals surface area contributed by atoms with E-state index in [0.717, 1.165) is 11.3 Å². The van der Waals surface area contributed by atoms with E-state index in [-0.39, 0.29) is 23.3 Å². The van der Waals surface area contributed by atoms with Crippen molar-refractivity contribution in [2.45, 2.75) is 19.8 Å². The molecule has 0 spiro atoms. The fourth-order valence-corrected chi connectivity index (χ4v) is 2.84. The fraction of sp³-hybridized carbons (Fsp3) is 0.200. The van der Waals surface area contributed by atoms with Gasteiger partial charge in [0.2, 0.25) is 11.6 Å². The van der Waals surface area contributed by atoms with E-state index in [1.54, 1.807) is 18.7 Å². The van der Waals surface area contributed by atoms with Crippen LogP contribution in [0, 0.1) is 6.92 Å². The van der Waals surface area contributed by atoms with E-state index in [1.165, 1.54) is 24.3 Å². The van der Waals surface area contributed by atoms with Gasteiger partial charge >= 0.3 is 6.36 Å². The van der Waals surface area contributed by atoms with Gasteiger partial charge in [-0.15, -0.1) is 18.3 Å². The van der Waals surface area contributed by atoms with Gasteiger partial charge in [-0.25, -0.2) is 9.67 Å². The Balaban J connectivity index is 1.52. The number of ether oxygens (including phenoxy) is 2. The van der Waals surface area contributed by atoms with Crippen LogP contribution in [-0.4, -0.2) is 38.4 Å². The van der Waals surface area contributed by atoms with Gasteiger partial charge in [0.15, 0.2) is 0 Å². The minimum atomic E-state index is -4.76. The smallest absolute Gasteiger partial charge is 0.497 e. The van der Waals surface area contributed by atoms with Crippen molar-refractivity contribution < 1.29 is 27.2 Å². The van der Waals surface area contributed by atoms with Crippen molar-refractivity contribution in [3.05, 3.63) is 59.9 Å². The molecule has 0 saturated heterocycles. The molecule has 0 N–H and O–H groups in total. The number of benzene rings is 2. The number of hydrogen-bond donors (Lipinski definition) is 0. The third-order valence-electron chi connectivity index (χ3n) is 4.29. The summed E-state index contributed by atoms with van der Waals surface area (Å²) in [6.07, 6.45) is -4.76. The lowest BCUT2D eigenvalue weighted by Crippen LogP contribution is -2.16. The Bertz CT molecular complexity index is 1190. The first-order valence-electron chi connectivity index (χ1n) is 9.05. The maximum atomic E-state index is 12.3. The van der Waals surface area contributed by atoms with E-state index >= 15 is 0 Å². The van der Waals surface area contributed by atoms with Gasteiger partial charge in [-0.3, -0.25) is 0 Å². The molecule has 0 fully saturated rings. The predicted molar refractivity (Wildman–Crippen MR) is 102 cm³/mol. The van der Waals surface area contributed by atoms with Gasteiger partial charge in [-0.2, -0.15) is 4.98 Å². The highest BCUT2D eigenvalue weighted by molar-refractivity contribution is 5.57. The molecule has 4 rings (SSSR count). The van der Waals surface area contributed by atoms with E-state index in [4.69, 9.17) is 9.26 Å². The highest BCUT2D eigenvalue weighted by Crippen LogP contribution is 2.26. The normalized spacial score (nSPS) is 11.5. The summed E-state index contributed by atoms with van der Waals surface area (Å²) in [5.74, 6) is 1.58. The third kappa shape index (κ3) is 4.82. The largest absolute Gasteiger partial charge is 0.573 e.